The second kappa shape index (κ2) is 9.09. The smallest absolute Gasteiger partial charge is 0.234 e. The van der Waals surface area contributed by atoms with Gasteiger partial charge in [-0.15, -0.1) is 0 Å². The summed E-state index contributed by atoms with van der Waals surface area (Å²) in [4.78, 5) is 13.4. The van der Waals surface area contributed by atoms with Crippen LogP contribution in [0, 0.1) is 16.7 Å². The number of piperazine rings is 1. The number of anilines is 1. The number of nitrogens with one attached hydrogen (secondary N) is 1. The summed E-state index contributed by atoms with van der Waals surface area (Å²) < 4.78 is 5.15. The highest BCUT2D eigenvalue weighted by atomic mass is 16.5. The van der Waals surface area contributed by atoms with Crippen molar-refractivity contribution in [2.24, 2.45) is 5.41 Å². The third-order valence-electron chi connectivity index (χ3n) is 4.22. The van der Waals surface area contributed by atoms with Gasteiger partial charge in [-0.1, -0.05) is 20.8 Å². The Morgan fingerprint density at radius 3 is 2.52 bits per heavy atom. The predicted octanol–water partition coefficient (Wildman–Crippen LogP) is 1.57. The third-order valence-corrected chi connectivity index (χ3v) is 4.22. The zero-order chi connectivity index (χ0) is 18.3. The number of methoxy groups -OCH3 is 1. The van der Waals surface area contributed by atoms with Gasteiger partial charge in [0.25, 0.3) is 0 Å². The van der Waals surface area contributed by atoms with Crippen LogP contribution in [0.15, 0.2) is 6.20 Å². The van der Waals surface area contributed by atoms with Gasteiger partial charge in [0.1, 0.15) is 11.9 Å². The summed E-state index contributed by atoms with van der Waals surface area (Å²) in [7, 11) is 1.74. The van der Waals surface area contributed by atoms with Crippen LogP contribution in [0.3, 0.4) is 0 Å². The third kappa shape index (κ3) is 6.58. The molecule has 7 heteroatoms. The highest BCUT2D eigenvalue weighted by Gasteiger charge is 2.19. The van der Waals surface area contributed by atoms with Gasteiger partial charge in [0.05, 0.1) is 6.61 Å². The van der Waals surface area contributed by atoms with Crippen LogP contribution < -0.4 is 5.32 Å². The van der Waals surface area contributed by atoms with Gasteiger partial charge in [0.15, 0.2) is 0 Å². The van der Waals surface area contributed by atoms with E-state index in [1.807, 2.05) is 6.07 Å². The standard InChI is InChI=1S/C18H30N6O/c1-18(2,3)14-21-17-15(12-20-16(11-19)22-17)13-24-7-5-23(6-8-24)9-10-25-4/h12H,5-10,13-14H2,1-4H3,(H,20,21,22). The van der Waals surface area contributed by atoms with Crippen molar-refractivity contribution in [3.8, 4) is 6.07 Å². The Labute approximate surface area is 151 Å². The van der Waals surface area contributed by atoms with Crippen molar-refractivity contribution in [3.05, 3.63) is 17.6 Å². The molecule has 1 N–H and O–H groups in total. The minimum atomic E-state index is 0.141. The Bertz CT molecular complexity index is 584. The van der Waals surface area contributed by atoms with E-state index in [2.05, 4.69) is 45.9 Å². The van der Waals surface area contributed by atoms with Gasteiger partial charge in [0, 0.05) is 64.7 Å². The minimum Gasteiger partial charge on any atom is -0.383 e. The zero-order valence-corrected chi connectivity index (χ0v) is 15.9. The monoisotopic (exact) mass is 346 g/mol. The average molecular weight is 346 g/mol. The van der Waals surface area contributed by atoms with Gasteiger partial charge >= 0.3 is 0 Å². The fourth-order valence-electron chi connectivity index (χ4n) is 2.71. The van der Waals surface area contributed by atoms with Gasteiger partial charge in [-0.05, 0) is 5.41 Å². The van der Waals surface area contributed by atoms with Crippen LogP contribution in [0.4, 0.5) is 5.82 Å². The molecular weight excluding hydrogens is 316 g/mol. The van der Waals surface area contributed by atoms with E-state index in [9.17, 15) is 0 Å². The molecule has 0 saturated carbocycles. The summed E-state index contributed by atoms with van der Waals surface area (Å²) in [5.74, 6) is 0.993. The highest BCUT2D eigenvalue weighted by Crippen LogP contribution is 2.19. The number of nitriles is 1. The second-order valence-corrected chi connectivity index (χ2v) is 7.70. The molecule has 0 amide bonds. The molecule has 2 heterocycles. The van der Waals surface area contributed by atoms with Crippen molar-refractivity contribution in [1.82, 2.24) is 19.8 Å². The second-order valence-electron chi connectivity index (χ2n) is 7.70. The Morgan fingerprint density at radius 1 is 1.24 bits per heavy atom. The highest BCUT2D eigenvalue weighted by molar-refractivity contribution is 5.44. The summed E-state index contributed by atoms with van der Waals surface area (Å²) in [6, 6.07) is 2.03. The average Bonchev–Trinajstić information content (AvgIpc) is 2.59. The number of nitrogens with zero attached hydrogens (tertiary/aromatic N) is 5. The molecule has 1 aromatic rings. The molecule has 0 aliphatic carbocycles. The first-order chi connectivity index (χ1) is 11.9. The Balaban J connectivity index is 1.98. The Hall–Kier alpha value is -1.75. The largest absolute Gasteiger partial charge is 0.383 e. The molecule has 0 bridgehead atoms. The molecule has 0 radical (unpaired) electrons. The number of rotatable bonds is 7. The SMILES string of the molecule is COCCN1CCN(Cc2cnc(C#N)nc2NCC(C)(C)C)CC1. The molecule has 0 aromatic carbocycles. The number of hydrogen-bond acceptors (Lipinski definition) is 7. The fourth-order valence-corrected chi connectivity index (χ4v) is 2.71. The van der Waals surface area contributed by atoms with Crippen LogP contribution in [0.25, 0.3) is 0 Å². The van der Waals surface area contributed by atoms with Crippen LogP contribution in [-0.4, -0.2) is 72.8 Å². The minimum absolute atomic E-state index is 0.141. The van der Waals surface area contributed by atoms with E-state index in [-0.39, 0.29) is 11.2 Å². The van der Waals surface area contributed by atoms with Gasteiger partial charge in [0.2, 0.25) is 5.82 Å². The maximum Gasteiger partial charge on any atom is 0.234 e. The zero-order valence-electron chi connectivity index (χ0n) is 15.9. The molecule has 25 heavy (non-hydrogen) atoms. The van der Waals surface area contributed by atoms with Crippen LogP contribution in [0.1, 0.15) is 32.2 Å². The van der Waals surface area contributed by atoms with Crippen LogP contribution in [0.2, 0.25) is 0 Å². The fraction of sp³-hybridized carbons (Fsp3) is 0.722. The van der Waals surface area contributed by atoms with Crippen molar-refractivity contribution >= 4 is 5.82 Å². The van der Waals surface area contributed by atoms with Gasteiger partial charge < -0.3 is 10.1 Å². The Kier molecular flexibility index (Phi) is 7.12. The van der Waals surface area contributed by atoms with E-state index in [0.717, 1.165) is 63.8 Å². The lowest BCUT2D eigenvalue weighted by Gasteiger charge is -2.34. The first-order valence-corrected chi connectivity index (χ1v) is 8.85. The maximum atomic E-state index is 9.07. The lowest BCUT2D eigenvalue weighted by Crippen LogP contribution is -2.46. The van der Waals surface area contributed by atoms with Crippen molar-refractivity contribution in [3.63, 3.8) is 0 Å². The quantitative estimate of drug-likeness (QED) is 0.803. The first kappa shape index (κ1) is 19.6. The van der Waals surface area contributed by atoms with Crippen LogP contribution in [-0.2, 0) is 11.3 Å². The summed E-state index contributed by atoms with van der Waals surface area (Å²) in [5, 5.41) is 12.5. The normalized spacial score (nSPS) is 16.6. The van der Waals surface area contributed by atoms with Crippen molar-refractivity contribution in [1.29, 1.82) is 5.26 Å². The molecular formula is C18H30N6O. The molecule has 0 atom stereocenters. The number of aromatic nitrogens is 2. The summed E-state index contributed by atoms with van der Waals surface area (Å²) in [6.45, 7) is 14.0. The van der Waals surface area contributed by atoms with E-state index in [0.29, 0.717) is 0 Å². The Morgan fingerprint density at radius 2 is 1.92 bits per heavy atom. The van der Waals surface area contributed by atoms with Gasteiger partial charge in [-0.2, -0.15) is 5.26 Å². The first-order valence-electron chi connectivity index (χ1n) is 8.85. The predicted molar refractivity (Wildman–Crippen MR) is 98.3 cm³/mol. The molecule has 0 unspecified atom stereocenters. The van der Waals surface area contributed by atoms with Gasteiger partial charge in [-0.3, -0.25) is 9.80 Å². The molecule has 1 aliphatic heterocycles. The topological polar surface area (TPSA) is 77.3 Å². The number of ether oxygens (including phenoxy) is 1. The maximum absolute atomic E-state index is 9.07. The molecule has 1 saturated heterocycles. The lowest BCUT2D eigenvalue weighted by molar-refractivity contribution is 0.0938. The summed E-state index contributed by atoms with van der Waals surface area (Å²) >= 11 is 0. The van der Waals surface area contributed by atoms with Crippen molar-refractivity contribution in [2.45, 2.75) is 27.3 Å². The van der Waals surface area contributed by atoms with E-state index in [4.69, 9.17) is 10.00 Å². The molecule has 138 valence electrons. The molecule has 2 rings (SSSR count). The molecule has 0 spiro atoms. The van der Waals surface area contributed by atoms with E-state index in [1.165, 1.54) is 0 Å². The molecule has 1 fully saturated rings. The van der Waals surface area contributed by atoms with Crippen molar-refractivity contribution < 1.29 is 4.74 Å². The summed E-state index contributed by atoms with van der Waals surface area (Å²) in [5.41, 5.74) is 1.19. The number of hydrogen-bond donors (Lipinski definition) is 1. The van der Waals surface area contributed by atoms with Crippen LogP contribution in [0.5, 0.6) is 0 Å². The van der Waals surface area contributed by atoms with Gasteiger partial charge in [-0.25, -0.2) is 9.97 Å². The van der Waals surface area contributed by atoms with Crippen molar-refractivity contribution in [2.75, 3.05) is 58.3 Å². The lowest BCUT2D eigenvalue weighted by atomic mass is 9.97. The summed E-state index contributed by atoms with van der Waals surface area (Å²) in [6.07, 6.45) is 1.79. The molecule has 1 aliphatic rings. The van der Waals surface area contributed by atoms with E-state index >= 15 is 0 Å². The van der Waals surface area contributed by atoms with E-state index in [1.54, 1.807) is 13.3 Å². The molecule has 1 aromatic heterocycles. The van der Waals surface area contributed by atoms with E-state index < -0.39 is 0 Å². The molecule has 7 nitrogen and oxygen atoms in total. The van der Waals surface area contributed by atoms with Crippen LogP contribution >= 0.6 is 0 Å².